The van der Waals surface area contributed by atoms with Gasteiger partial charge in [-0.3, -0.25) is 9.59 Å². The minimum absolute atomic E-state index is 0.00853. The average molecular weight is 477 g/mol. The lowest BCUT2D eigenvalue weighted by Gasteiger charge is -2.27. The van der Waals surface area contributed by atoms with Crippen molar-refractivity contribution in [2.75, 3.05) is 34.3 Å². The second-order valence-corrected chi connectivity index (χ2v) is 8.82. The van der Waals surface area contributed by atoms with Gasteiger partial charge in [0.05, 0.1) is 29.3 Å². The van der Waals surface area contributed by atoms with Crippen LogP contribution in [0.5, 0.6) is 5.75 Å². The zero-order valence-corrected chi connectivity index (χ0v) is 20.0. The fourth-order valence-electron chi connectivity index (χ4n) is 3.97. The van der Waals surface area contributed by atoms with Gasteiger partial charge in [0.15, 0.2) is 0 Å². The molecule has 0 saturated carbocycles. The first kappa shape index (κ1) is 24.1. The molecule has 0 aliphatic carbocycles. The molecule has 2 aromatic rings. The number of carbonyl (C=O) groups is 2. The van der Waals surface area contributed by atoms with Crippen molar-refractivity contribution < 1.29 is 19.4 Å². The van der Waals surface area contributed by atoms with E-state index >= 15 is 0 Å². The Bertz CT molecular complexity index is 1080. The number of nitrogens with zero attached hydrogens (tertiary/aromatic N) is 2. The first-order chi connectivity index (χ1) is 15.2. The van der Waals surface area contributed by atoms with Crippen molar-refractivity contribution in [3.05, 3.63) is 68.7 Å². The van der Waals surface area contributed by atoms with Crippen LogP contribution in [-0.2, 0) is 9.59 Å². The van der Waals surface area contributed by atoms with Crippen molar-refractivity contribution in [2.24, 2.45) is 0 Å². The van der Waals surface area contributed by atoms with Crippen LogP contribution in [0.3, 0.4) is 0 Å². The number of Topliss-reactive ketones (excluding diaryl/α,β-unsaturated/α-hetero) is 1. The number of aliphatic hydroxyl groups is 1. The molecule has 170 valence electrons. The zero-order chi connectivity index (χ0) is 23.6. The third-order valence-electron chi connectivity index (χ3n) is 5.49. The number of halogens is 2. The average Bonchev–Trinajstić information content (AvgIpc) is 2.97. The quantitative estimate of drug-likeness (QED) is 0.356. The minimum atomic E-state index is -0.751. The van der Waals surface area contributed by atoms with Crippen molar-refractivity contribution in [1.82, 2.24) is 9.80 Å². The van der Waals surface area contributed by atoms with Crippen molar-refractivity contribution >= 4 is 40.7 Å². The number of carbonyl (C=O) groups excluding carboxylic acids is 2. The summed E-state index contributed by atoms with van der Waals surface area (Å²) in [7, 11) is 5.30. The molecule has 1 unspecified atom stereocenters. The van der Waals surface area contributed by atoms with Crippen molar-refractivity contribution in [3.63, 3.8) is 0 Å². The molecular weight excluding hydrogens is 451 g/mol. The molecule has 0 radical (unpaired) electrons. The molecular formula is C24H26Cl2N2O4. The fourth-order valence-corrected chi connectivity index (χ4v) is 4.54. The molecule has 0 spiro atoms. The SMILES string of the molecule is COc1c(Cl)cc(Cl)cc1/C(O)=C1\C(=O)C(=O)N(CCCN(C)C)C1c1ccccc1C. The van der Waals surface area contributed by atoms with E-state index in [-0.39, 0.29) is 32.7 Å². The number of ether oxygens (including phenoxy) is 1. The summed E-state index contributed by atoms with van der Waals surface area (Å²) in [4.78, 5) is 29.7. The highest BCUT2D eigenvalue weighted by Crippen LogP contribution is 2.43. The number of likely N-dealkylation sites (tertiary alicyclic amines) is 1. The van der Waals surface area contributed by atoms with Gasteiger partial charge >= 0.3 is 0 Å². The summed E-state index contributed by atoms with van der Waals surface area (Å²) < 4.78 is 5.36. The lowest BCUT2D eigenvalue weighted by molar-refractivity contribution is -0.139. The number of aliphatic hydroxyl groups excluding tert-OH is 1. The van der Waals surface area contributed by atoms with Gasteiger partial charge in [0, 0.05) is 11.6 Å². The van der Waals surface area contributed by atoms with Crippen LogP contribution < -0.4 is 4.74 Å². The highest BCUT2D eigenvalue weighted by molar-refractivity contribution is 6.46. The summed E-state index contributed by atoms with van der Waals surface area (Å²) in [6.45, 7) is 3.03. The standard InChI is InChI=1S/C24H26Cl2N2O4/c1-14-8-5-6-9-16(14)20-19(22(30)24(31)28(20)11-7-10-27(2)3)21(29)17-12-15(25)13-18(26)23(17)32-4/h5-6,8-9,12-13,20,29H,7,10-11H2,1-4H3/b21-19+. The number of hydrogen-bond donors (Lipinski definition) is 1. The minimum Gasteiger partial charge on any atom is -0.507 e. The Kier molecular flexibility index (Phi) is 7.49. The Hall–Kier alpha value is -2.54. The van der Waals surface area contributed by atoms with E-state index in [9.17, 15) is 14.7 Å². The molecule has 1 N–H and O–H groups in total. The van der Waals surface area contributed by atoms with Crippen molar-refractivity contribution in [1.29, 1.82) is 0 Å². The van der Waals surface area contributed by atoms with E-state index < -0.39 is 17.7 Å². The normalized spacial score (nSPS) is 18.0. The van der Waals surface area contributed by atoms with Gasteiger partial charge in [-0.1, -0.05) is 47.5 Å². The van der Waals surface area contributed by atoms with Gasteiger partial charge < -0.3 is 19.6 Å². The molecule has 0 aromatic heterocycles. The number of benzene rings is 2. The van der Waals surface area contributed by atoms with Gasteiger partial charge in [0.2, 0.25) is 0 Å². The number of methoxy groups -OCH3 is 1. The molecule has 1 saturated heterocycles. The summed E-state index contributed by atoms with van der Waals surface area (Å²) in [5, 5.41) is 11.8. The number of rotatable bonds is 7. The molecule has 1 amide bonds. The molecule has 2 aromatic carbocycles. The molecule has 0 bridgehead atoms. The number of amides is 1. The molecule has 3 rings (SSSR count). The summed E-state index contributed by atoms with van der Waals surface area (Å²) in [6.07, 6.45) is 0.675. The van der Waals surface area contributed by atoms with Crippen LogP contribution in [-0.4, -0.2) is 60.9 Å². The topological polar surface area (TPSA) is 70.1 Å². The van der Waals surface area contributed by atoms with Crippen LogP contribution >= 0.6 is 23.2 Å². The first-order valence-corrected chi connectivity index (χ1v) is 10.9. The van der Waals surface area contributed by atoms with Gasteiger partial charge in [0.25, 0.3) is 11.7 Å². The number of aryl methyl sites for hydroxylation is 1. The fraction of sp³-hybridized carbons (Fsp3) is 0.333. The summed E-state index contributed by atoms with van der Waals surface area (Å²) in [5.74, 6) is -1.59. The Morgan fingerprint density at radius 3 is 2.50 bits per heavy atom. The van der Waals surface area contributed by atoms with E-state index in [4.69, 9.17) is 27.9 Å². The number of ketones is 1. The van der Waals surface area contributed by atoms with E-state index in [1.54, 1.807) is 0 Å². The van der Waals surface area contributed by atoms with Crippen LogP contribution in [0.25, 0.3) is 5.76 Å². The van der Waals surface area contributed by atoms with E-state index in [0.717, 1.165) is 17.7 Å². The Balaban J connectivity index is 2.21. The maximum atomic E-state index is 13.2. The van der Waals surface area contributed by atoms with Crippen LogP contribution in [0.4, 0.5) is 0 Å². The van der Waals surface area contributed by atoms with Gasteiger partial charge in [-0.25, -0.2) is 0 Å². The molecule has 1 aliphatic rings. The predicted molar refractivity (Wildman–Crippen MR) is 126 cm³/mol. The van der Waals surface area contributed by atoms with Crippen LogP contribution in [0.2, 0.25) is 10.0 Å². The third kappa shape index (κ3) is 4.63. The second kappa shape index (κ2) is 9.94. The third-order valence-corrected chi connectivity index (χ3v) is 5.99. The van der Waals surface area contributed by atoms with E-state index in [1.165, 1.54) is 24.1 Å². The lowest BCUT2D eigenvalue weighted by atomic mass is 9.92. The van der Waals surface area contributed by atoms with E-state index in [1.807, 2.05) is 50.2 Å². The van der Waals surface area contributed by atoms with Crippen LogP contribution in [0, 0.1) is 6.92 Å². The lowest BCUT2D eigenvalue weighted by Crippen LogP contribution is -2.32. The molecule has 6 nitrogen and oxygen atoms in total. The van der Waals surface area contributed by atoms with E-state index in [0.29, 0.717) is 13.0 Å². The van der Waals surface area contributed by atoms with Gasteiger partial charge in [-0.2, -0.15) is 0 Å². The maximum Gasteiger partial charge on any atom is 0.295 e. The molecule has 8 heteroatoms. The van der Waals surface area contributed by atoms with Crippen molar-refractivity contribution in [3.8, 4) is 5.75 Å². The molecule has 1 fully saturated rings. The maximum absolute atomic E-state index is 13.2. The predicted octanol–water partition coefficient (Wildman–Crippen LogP) is 4.68. The smallest absolute Gasteiger partial charge is 0.295 e. The van der Waals surface area contributed by atoms with Crippen LogP contribution in [0.15, 0.2) is 42.0 Å². The highest BCUT2D eigenvalue weighted by Gasteiger charge is 2.46. The largest absolute Gasteiger partial charge is 0.507 e. The Labute approximate surface area is 198 Å². The van der Waals surface area contributed by atoms with Gasteiger partial charge in [-0.15, -0.1) is 0 Å². The van der Waals surface area contributed by atoms with Gasteiger partial charge in [0.1, 0.15) is 11.5 Å². The molecule has 32 heavy (non-hydrogen) atoms. The van der Waals surface area contributed by atoms with Crippen molar-refractivity contribution in [2.45, 2.75) is 19.4 Å². The summed E-state index contributed by atoms with van der Waals surface area (Å²) in [5.41, 5.74) is 1.82. The molecule has 1 aliphatic heterocycles. The first-order valence-electron chi connectivity index (χ1n) is 10.2. The zero-order valence-electron chi connectivity index (χ0n) is 18.5. The monoisotopic (exact) mass is 476 g/mol. The summed E-state index contributed by atoms with van der Waals surface area (Å²) >= 11 is 12.4. The second-order valence-electron chi connectivity index (χ2n) is 7.97. The Morgan fingerprint density at radius 1 is 1.19 bits per heavy atom. The molecule has 1 atom stereocenters. The summed E-state index contributed by atoms with van der Waals surface area (Å²) in [6, 6.07) is 9.72. The Morgan fingerprint density at radius 2 is 1.88 bits per heavy atom. The number of hydrogen-bond acceptors (Lipinski definition) is 5. The van der Waals surface area contributed by atoms with Gasteiger partial charge in [-0.05, 0) is 57.2 Å². The van der Waals surface area contributed by atoms with E-state index in [2.05, 4.69) is 0 Å². The highest BCUT2D eigenvalue weighted by atomic mass is 35.5. The molecule has 1 heterocycles. The van der Waals surface area contributed by atoms with Crippen LogP contribution in [0.1, 0.15) is 29.2 Å².